The van der Waals surface area contributed by atoms with E-state index in [0.717, 1.165) is 12.8 Å². The summed E-state index contributed by atoms with van der Waals surface area (Å²) in [6.07, 6.45) is 5.78. The van der Waals surface area contributed by atoms with Crippen LogP contribution >= 0.6 is 0 Å². The predicted octanol–water partition coefficient (Wildman–Crippen LogP) is 3.10. The van der Waals surface area contributed by atoms with E-state index in [1.54, 1.807) is 18.2 Å². The number of carbonyl (C=O) groups is 1. The molecule has 0 heterocycles. The molecular weight excluding hydrogens is 228 g/mol. The number of carboxylic acid groups (broad SMARTS) is 1. The standard InChI is InChI=1S/C14H20N2O2/c1-14(7-3-2-4-8-14)16-12-9-10(15)5-6-11(12)13(17)18/h5-6,9,16H,2-4,7-8,15H2,1H3,(H,17,18). The summed E-state index contributed by atoms with van der Waals surface area (Å²) >= 11 is 0. The molecule has 0 spiro atoms. The summed E-state index contributed by atoms with van der Waals surface area (Å²) in [5.41, 5.74) is 7.23. The summed E-state index contributed by atoms with van der Waals surface area (Å²) in [6.45, 7) is 2.15. The molecule has 2 rings (SSSR count). The van der Waals surface area contributed by atoms with Gasteiger partial charge in [0.25, 0.3) is 0 Å². The normalized spacial score (nSPS) is 18.3. The van der Waals surface area contributed by atoms with Gasteiger partial charge in [-0.1, -0.05) is 19.3 Å². The van der Waals surface area contributed by atoms with Crippen LogP contribution in [0.3, 0.4) is 0 Å². The highest BCUT2D eigenvalue weighted by atomic mass is 16.4. The monoisotopic (exact) mass is 248 g/mol. The highest BCUT2D eigenvalue weighted by molar-refractivity contribution is 5.95. The van der Waals surface area contributed by atoms with Crippen LogP contribution in [-0.2, 0) is 0 Å². The highest BCUT2D eigenvalue weighted by Crippen LogP contribution is 2.33. The fourth-order valence-corrected chi connectivity index (χ4v) is 2.63. The minimum atomic E-state index is -0.920. The number of nitrogen functional groups attached to an aromatic ring is 1. The second kappa shape index (κ2) is 4.88. The van der Waals surface area contributed by atoms with Crippen molar-refractivity contribution >= 4 is 17.3 Å². The van der Waals surface area contributed by atoms with Gasteiger partial charge in [-0.15, -0.1) is 0 Å². The lowest BCUT2D eigenvalue weighted by Crippen LogP contribution is -2.37. The summed E-state index contributed by atoms with van der Waals surface area (Å²) in [4.78, 5) is 11.2. The average Bonchev–Trinajstić information content (AvgIpc) is 2.28. The van der Waals surface area contributed by atoms with E-state index in [1.807, 2.05) is 0 Å². The first-order valence-electron chi connectivity index (χ1n) is 6.41. The van der Waals surface area contributed by atoms with Gasteiger partial charge in [0, 0.05) is 11.2 Å². The molecule has 1 aliphatic rings. The van der Waals surface area contributed by atoms with Crippen molar-refractivity contribution in [3.63, 3.8) is 0 Å². The maximum atomic E-state index is 11.2. The van der Waals surface area contributed by atoms with E-state index in [0.29, 0.717) is 11.4 Å². The van der Waals surface area contributed by atoms with E-state index < -0.39 is 5.97 Å². The SMILES string of the molecule is CC1(Nc2cc(N)ccc2C(=O)O)CCCCC1. The molecule has 0 amide bonds. The topological polar surface area (TPSA) is 75.3 Å². The minimum absolute atomic E-state index is 0.0176. The van der Waals surface area contributed by atoms with Crippen LogP contribution in [0.4, 0.5) is 11.4 Å². The third kappa shape index (κ3) is 2.75. The molecule has 4 heteroatoms. The second-order valence-electron chi connectivity index (χ2n) is 5.36. The molecule has 0 aromatic heterocycles. The third-order valence-electron chi connectivity index (χ3n) is 3.67. The minimum Gasteiger partial charge on any atom is -0.478 e. The van der Waals surface area contributed by atoms with Crippen molar-refractivity contribution in [2.45, 2.75) is 44.6 Å². The molecule has 0 aliphatic heterocycles. The molecule has 1 aliphatic carbocycles. The molecule has 0 radical (unpaired) electrons. The van der Waals surface area contributed by atoms with Crippen LogP contribution in [0.25, 0.3) is 0 Å². The van der Waals surface area contributed by atoms with Crippen molar-refractivity contribution in [3.8, 4) is 0 Å². The van der Waals surface area contributed by atoms with E-state index >= 15 is 0 Å². The smallest absolute Gasteiger partial charge is 0.337 e. The summed E-state index contributed by atoms with van der Waals surface area (Å²) in [7, 11) is 0. The van der Waals surface area contributed by atoms with Gasteiger partial charge in [-0.2, -0.15) is 0 Å². The maximum absolute atomic E-state index is 11.2. The number of benzene rings is 1. The van der Waals surface area contributed by atoms with Gasteiger partial charge in [-0.05, 0) is 38.0 Å². The quantitative estimate of drug-likeness (QED) is 0.718. The Balaban J connectivity index is 2.26. The van der Waals surface area contributed by atoms with Crippen molar-refractivity contribution in [3.05, 3.63) is 23.8 Å². The Hall–Kier alpha value is -1.71. The lowest BCUT2D eigenvalue weighted by atomic mass is 9.83. The number of hydrogen-bond donors (Lipinski definition) is 3. The summed E-state index contributed by atoms with van der Waals surface area (Å²) in [6, 6.07) is 4.90. The number of aromatic carboxylic acids is 1. The van der Waals surface area contributed by atoms with Gasteiger partial charge in [-0.25, -0.2) is 4.79 Å². The first-order valence-corrected chi connectivity index (χ1v) is 6.41. The first kappa shape index (κ1) is 12.7. The molecule has 1 fully saturated rings. The van der Waals surface area contributed by atoms with Crippen LogP contribution in [0, 0.1) is 0 Å². The van der Waals surface area contributed by atoms with Crippen molar-refractivity contribution in [2.75, 3.05) is 11.1 Å². The first-order chi connectivity index (χ1) is 8.50. The van der Waals surface area contributed by atoms with Gasteiger partial charge in [0.1, 0.15) is 0 Å². The van der Waals surface area contributed by atoms with Crippen LogP contribution in [0.1, 0.15) is 49.4 Å². The summed E-state index contributed by atoms with van der Waals surface area (Å²) in [5.74, 6) is -0.920. The maximum Gasteiger partial charge on any atom is 0.337 e. The van der Waals surface area contributed by atoms with Crippen molar-refractivity contribution < 1.29 is 9.90 Å². The molecule has 1 saturated carbocycles. The van der Waals surface area contributed by atoms with Gasteiger partial charge in [0.05, 0.1) is 11.3 Å². The van der Waals surface area contributed by atoms with Gasteiger partial charge in [0.2, 0.25) is 0 Å². The Kier molecular flexibility index (Phi) is 3.45. The Morgan fingerprint density at radius 1 is 1.33 bits per heavy atom. The zero-order valence-electron chi connectivity index (χ0n) is 10.7. The van der Waals surface area contributed by atoms with Crippen molar-refractivity contribution in [1.82, 2.24) is 0 Å². The second-order valence-corrected chi connectivity index (χ2v) is 5.36. The zero-order chi connectivity index (χ0) is 13.2. The molecule has 98 valence electrons. The highest BCUT2D eigenvalue weighted by Gasteiger charge is 2.27. The lowest BCUT2D eigenvalue weighted by Gasteiger charge is -2.36. The van der Waals surface area contributed by atoms with Gasteiger partial charge in [-0.3, -0.25) is 0 Å². The molecule has 4 nitrogen and oxygen atoms in total. The van der Waals surface area contributed by atoms with E-state index in [9.17, 15) is 9.90 Å². The molecule has 1 aromatic rings. The molecule has 0 atom stereocenters. The van der Waals surface area contributed by atoms with Crippen molar-refractivity contribution in [2.24, 2.45) is 0 Å². The van der Waals surface area contributed by atoms with Gasteiger partial charge in [0.15, 0.2) is 0 Å². The van der Waals surface area contributed by atoms with E-state index in [1.165, 1.54) is 19.3 Å². The Morgan fingerprint density at radius 3 is 2.61 bits per heavy atom. The Bertz CT molecular complexity index is 451. The van der Waals surface area contributed by atoms with Gasteiger partial charge < -0.3 is 16.2 Å². The fraction of sp³-hybridized carbons (Fsp3) is 0.500. The van der Waals surface area contributed by atoms with E-state index in [-0.39, 0.29) is 11.1 Å². The fourth-order valence-electron chi connectivity index (χ4n) is 2.63. The number of nitrogens with one attached hydrogen (secondary N) is 1. The Morgan fingerprint density at radius 2 is 2.00 bits per heavy atom. The largest absolute Gasteiger partial charge is 0.478 e. The third-order valence-corrected chi connectivity index (χ3v) is 3.67. The summed E-state index contributed by atoms with van der Waals surface area (Å²) in [5, 5.41) is 12.6. The number of anilines is 2. The van der Waals surface area contributed by atoms with Crippen LogP contribution < -0.4 is 11.1 Å². The zero-order valence-corrected chi connectivity index (χ0v) is 10.7. The molecular formula is C14H20N2O2. The lowest BCUT2D eigenvalue weighted by molar-refractivity contribution is 0.0698. The van der Waals surface area contributed by atoms with Crippen LogP contribution in [0.2, 0.25) is 0 Å². The number of carboxylic acids is 1. The molecule has 0 bridgehead atoms. The molecule has 4 N–H and O–H groups in total. The van der Waals surface area contributed by atoms with Crippen LogP contribution in [0.15, 0.2) is 18.2 Å². The predicted molar refractivity (Wildman–Crippen MR) is 72.9 cm³/mol. The molecule has 0 unspecified atom stereocenters. The van der Waals surface area contributed by atoms with Crippen molar-refractivity contribution in [1.29, 1.82) is 0 Å². The molecule has 1 aromatic carbocycles. The number of hydrogen-bond acceptors (Lipinski definition) is 3. The molecule has 0 saturated heterocycles. The van der Waals surface area contributed by atoms with E-state index in [2.05, 4.69) is 12.2 Å². The average molecular weight is 248 g/mol. The van der Waals surface area contributed by atoms with E-state index in [4.69, 9.17) is 5.73 Å². The van der Waals surface area contributed by atoms with Gasteiger partial charge >= 0.3 is 5.97 Å². The molecule has 18 heavy (non-hydrogen) atoms. The summed E-state index contributed by atoms with van der Waals surface area (Å²) < 4.78 is 0. The van der Waals surface area contributed by atoms with Crippen LogP contribution in [0.5, 0.6) is 0 Å². The van der Waals surface area contributed by atoms with Crippen LogP contribution in [-0.4, -0.2) is 16.6 Å². The number of rotatable bonds is 3. The Labute approximate surface area is 107 Å². The number of nitrogens with two attached hydrogens (primary N) is 1.